The van der Waals surface area contributed by atoms with Crippen LogP contribution in [0.1, 0.15) is 56.9 Å². The molecule has 2 aliphatic carbocycles. The molecule has 130 valence electrons. The molecule has 0 bridgehead atoms. The smallest absolute Gasteiger partial charge is 0.123 e. The molecule has 0 aliphatic heterocycles. The third-order valence-electron chi connectivity index (χ3n) is 5.93. The van der Waals surface area contributed by atoms with E-state index in [4.69, 9.17) is 4.74 Å². The Morgan fingerprint density at radius 2 is 2.04 bits per heavy atom. The lowest BCUT2D eigenvalue weighted by Crippen LogP contribution is -2.40. The van der Waals surface area contributed by atoms with Crippen molar-refractivity contribution in [2.75, 3.05) is 6.54 Å². The van der Waals surface area contributed by atoms with E-state index in [1.165, 1.54) is 62.4 Å². The van der Waals surface area contributed by atoms with Gasteiger partial charge in [-0.3, -0.25) is 5.10 Å². The van der Waals surface area contributed by atoms with Crippen molar-refractivity contribution in [2.24, 2.45) is 5.92 Å². The Kier molecular flexibility index (Phi) is 4.74. The van der Waals surface area contributed by atoms with Gasteiger partial charge < -0.3 is 10.1 Å². The molecule has 2 atom stereocenters. The summed E-state index contributed by atoms with van der Waals surface area (Å²) < 4.78 is 6.38. The summed E-state index contributed by atoms with van der Waals surface area (Å²) in [6.07, 6.45) is 12.8. The number of aromatic amines is 1. The topological polar surface area (TPSA) is 49.9 Å². The Balaban J connectivity index is 1.35. The van der Waals surface area contributed by atoms with Gasteiger partial charge in [0, 0.05) is 17.0 Å². The average molecular weight is 327 g/mol. The Morgan fingerprint density at radius 1 is 1.17 bits per heavy atom. The van der Waals surface area contributed by atoms with Gasteiger partial charge in [0.05, 0.1) is 11.7 Å². The maximum Gasteiger partial charge on any atom is 0.123 e. The first-order valence-corrected chi connectivity index (χ1v) is 9.62. The lowest BCUT2D eigenvalue weighted by molar-refractivity contribution is 0.132. The number of hydrogen-bond acceptors (Lipinski definition) is 3. The molecule has 4 rings (SSSR count). The van der Waals surface area contributed by atoms with Crippen molar-refractivity contribution < 1.29 is 4.74 Å². The third kappa shape index (κ3) is 3.44. The Hall–Kier alpha value is -1.55. The predicted octanol–water partition coefficient (Wildman–Crippen LogP) is 4.34. The minimum absolute atomic E-state index is 0.336. The van der Waals surface area contributed by atoms with Gasteiger partial charge in [-0.25, -0.2) is 0 Å². The van der Waals surface area contributed by atoms with E-state index in [1.54, 1.807) is 0 Å². The van der Waals surface area contributed by atoms with Crippen molar-refractivity contribution in [3.63, 3.8) is 0 Å². The van der Waals surface area contributed by atoms with Gasteiger partial charge in [-0.05, 0) is 70.0 Å². The van der Waals surface area contributed by atoms with Gasteiger partial charge in [0.15, 0.2) is 0 Å². The van der Waals surface area contributed by atoms with Crippen LogP contribution < -0.4 is 10.1 Å². The summed E-state index contributed by atoms with van der Waals surface area (Å²) in [5, 5.41) is 12.2. The van der Waals surface area contributed by atoms with Crippen molar-refractivity contribution in [1.29, 1.82) is 0 Å². The van der Waals surface area contributed by atoms with Crippen LogP contribution >= 0.6 is 0 Å². The normalized spacial score (nSPS) is 25.4. The van der Waals surface area contributed by atoms with E-state index >= 15 is 0 Å². The van der Waals surface area contributed by atoms with Crippen LogP contribution in [0.25, 0.3) is 10.9 Å². The molecule has 1 aromatic carbocycles. The standard InChI is InChI=1S/C20H29N3O/c1-14-18-13-22-23-19(18)9-10-20(14)24-17-8-4-7-16(11-17)21-12-15-5-2-3-6-15/h9-10,13,15-17,21H,2-8,11-12H2,1H3,(H,22,23)/t16-,17+/m1/s1. The van der Waals surface area contributed by atoms with Crippen molar-refractivity contribution >= 4 is 10.9 Å². The van der Waals surface area contributed by atoms with Crippen LogP contribution in [0.3, 0.4) is 0 Å². The first-order valence-electron chi connectivity index (χ1n) is 9.62. The van der Waals surface area contributed by atoms with Crippen LogP contribution in [-0.2, 0) is 0 Å². The SMILES string of the molecule is Cc1c(O[C@H]2CCC[C@@H](NCC3CCCC3)C2)ccc2[nH]ncc12. The van der Waals surface area contributed by atoms with Crippen LogP contribution in [0.5, 0.6) is 5.75 Å². The number of benzene rings is 1. The molecular formula is C20H29N3O. The number of nitrogens with zero attached hydrogens (tertiary/aromatic N) is 1. The van der Waals surface area contributed by atoms with E-state index in [-0.39, 0.29) is 0 Å². The van der Waals surface area contributed by atoms with Gasteiger partial charge in [0.2, 0.25) is 0 Å². The number of H-pyrrole nitrogens is 1. The van der Waals surface area contributed by atoms with E-state index < -0.39 is 0 Å². The largest absolute Gasteiger partial charge is 0.490 e. The van der Waals surface area contributed by atoms with Crippen LogP contribution in [0, 0.1) is 12.8 Å². The number of ether oxygens (including phenoxy) is 1. The summed E-state index contributed by atoms with van der Waals surface area (Å²) in [7, 11) is 0. The highest BCUT2D eigenvalue weighted by Gasteiger charge is 2.25. The van der Waals surface area contributed by atoms with Gasteiger partial charge in [-0.1, -0.05) is 12.8 Å². The highest BCUT2D eigenvalue weighted by Crippen LogP contribution is 2.30. The monoisotopic (exact) mass is 327 g/mol. The van der Waals surface area contributed by atoms with Crippen molar-refractivity contribution in [3.8, 4) is 5.75 Å². The number of aryl methyl sites for hydroxylation is 1. The molecule has 0 radical (unpaired) electrons. The lowest BCUT2D eigenvalue weighted by atomic mass is 9.92. The Morgan fingerprint density at radius 3 is 2.92 bits per heavy atom. The van der Waals surface area contributed by atoms with Gasteiger partial charge in [-0.15, -0.1) is 0 Å². The molecule has 2 N–H and O–H groups in total. The van der Waals surface area contributed by atoms with Crippen LogP contribution in [-0.4, -0.2) is 28.9 Å². The zero-order valence-corrected chi connectivity index (χ0v) is 14.7. The van der Waals surface area contributed by atoms with Crippen molar-refractivity contribution in [3.05, 3.63) is 23.9 Å². The zero-order chi connectivity index (χ0) is 16.4. The number of fused-ring (bicyclic) bond motifs is 1. The summed E-state index contributed by atoms with van der Waals surface area (Å²) in [5.41, 5.74) is 2.28. The maximum atomic E-state index is 6.38. The summed E-state index contributed by atoms with van der Waals surface area (Å²) in [6.45, 7) is 3.34. The minimum Gasteiger partial charge on any atom is -0.490 e. The molecule has 4 nitrogen and oxygen atoms in total. The molecule has 0 unspecified atom stereocenters. The fourth-order valence-electron chi connectivity index (χ4n) is 4.43. The summed E-state index contributed by atoms with van der Waals surface area (Å²) in [6, 6.07) is 4.79. The first kappa shape index (κ1) is 15.9. The second-order valence-corrected chi connectivity index (χ2v) is 7.68. The number of hydrogen-bond donors (Lipinski definition) is 2. The molecular weight excluding hydrogens is 298 g/mol. The van der Waals surface area contributed by atoms with Crippen molar-refractivity contribution in [1.82, 2.24) is 15.5 Å². The molecule has 4 heteroatoms. The van der Waals surface area contributed by atoms with E-state index in [0.29, 0.717) is 12.1 Å². The predicted molar refractivity (Wildman–Crippen MR) is 97.5 cm³/mol. The summed E-state index contributed by atoms with van der Waals surface area (Å²) in [5.74, 6) is 1.93. The minimum atomic E-state index is 0.336. The van der Waals surface area contributed by atoms with E-state index in [9.17, 15) is 0 Å². The van der Waals surface area contributed by atoms with Crippen LogP contribution in [0.4, 0.5) is 0 Å². The van der Waals surface area contributed by atoms with E-state index in [2.05, 4.69) is 34.6 Å². The molecule has 1 aromatic heterocycles. The number of aromatic nitrogens is 2. The molecule has 2 aromatic rings. The Labute approximate surface area is 144 Å². The first-order chi connectivity index (χ1) is 11.8. The number of nitrogens with one attached hydrogen (secondary N) is 2. The van der Waals surface area contributed by atoms with Gasteiger partial charge in [0.1, 0.15) is 11.9 Å². The molecule has 0 amide bonds. The lowest BCUT2D eigenvalue weighted by Gasteiger charge is -2.31. The number of rotatable bonds is 5. The molecule has 2 aliphatic rings. The average Bonchev–Trinajstić information content (AvgIpc) is 3.27. The maximum absolute atomic E-state index is 6.38. The fraction of sp³-hybridized carbons (Fsp3) is 0.650. The fourth-order valence-corrected chi connectivity index (χ4v) is 4.43. The van der Waals surface area contributed by atoms with E-state index in [1.807, 2.05) is 6.20 Å². The highest BCUT2D eigenvalue weighted by molar-refractivity contribution is 5.83. The second-order valence-electron chi connectivity index (χ2n) is 7.68. The molecule has 2 fully saturated rings. The van der Waals surface area contributed by atoms with Crippen LogP contribution in [0.15, 0.2) is 18.3 Å². The quantitative estimate of drug-likeness (QED) is 0.859. The Bertz CT molecular complexity index is 675. The van der Waals surface area contributed by atoms with Gasteiger partial charge in [0.25, 0.3) is 0 Å². The molecule has 0 saturated heterocycles. The van der Waals surface area contributed by atoms with Crippen LogP contribution in [0.2, 0.25) is 0 Å². The second kappa shape index (κ2) is 7.14. The summed E-state index contributed by atoms with van der Waals surface area (Å²) >= 11 is 0. The molecule has 2 saturated carbocycles. The molecule has 0 spiro atoms. The molecule has 1 heterocycles. The highest BCUT2D eigenvalue weighted by atomic mass is 16.5. The molecule has 24 heavy (non-hydrogen) atoms. The van der Waals surface area contributed by atoms with Gasteiger partial charge in [-0.2, -0.15) is 5.10 Å². The summed E-state index contributed by atoms with van der Waals surface area (Å²) in [4.78, 5) is 0. The van der Waals surface area contributed by atoms with Crippen molar-refractivity contribution in [2.45, 2.75) is 70.4 Å². The van der Waals surface area contributed by atoms with Gasteiger partial charge >= 0.3 is 0 Å². The van der Waals surface area contributed by atoms with E-state index in [0.717, 1.165) is 23.6 Å². The third-order valence-corrected chi connectivity index (χ3v) is 5.93. The zero-order valence-electron chi connectivity index (χ0n) is 14.7.